The Kier molecular flexibility index (Phi) is 7.91. The summed E-state index contributed by atoms with van der Waals surface area (Å²) in [5.41, 5.74) is 1.31. The molecule has 0 unspecified atom stereocenters. The summed E-state index contributed by atoms with van der Waals surface area (Å²) < 4.78 is 0. The van der Waals surface area contributed by atoms with E-state index in [0.29, 0.717) is 50.4 Å². The number of likely N-dealkylation sites (tertiary alicyclic amines) is 1. The summed E-state index contributed by atoms with van der Waals surface area (Å²) in [6, 6.07) is 6.54. The molecule has 0 saturated carbocycles. The molecule has 1 fully saturated rings. The van der Waals surface area contributed by atoms with E-state index in [2.05, 4.69) is 21.3 Å². The Morgan fingerprint density at radius 2 is 1.56 bits per heavy atom. The second kappa shape index (κ2) is 10.4. The van der Waals surface area contributed by atoms with Crippen LogP contribution in [0.4, 0.5) is 21.0 Å². The van der Waals surface area contributed by atoms with Gasteiger partial charge >= 0.3 is 12.1 Å². The molecule has 148 valence electrons. The van der Waals surface area contributed by atoms with Crippen LogP contribution < -0.4 is 21.3 Å². The number of carbonyl (C=O) groups is 3. The number of carbonyl (C=O) groups excluding carboxylic acids is 3. The Labute approximate surface area is 160 Å². The molecule has 0 bridgehead atoms. The fourth-order valence-corrected chi connectivity index (χ4v) is 2.92. The molecule has 0 atom stereocenters. The van der Waals surface area contributed by atoms with E-state index in [9.17, 15) is 14.4 Å². The van der Waals surface area contributed by atoms with Crippen LogP contribution in [-0.4, -0.2) is 49.0 Å². The van der Waals surface area contributed by atoms with Gasteiger partial charge in [0.15, 0.2) is 0 Å². The van der Waals surface area contributed by atoms with Gasteiger partial charge in [-0.15, -0.1) is 0 Å². The lowest BCUT2D eigenvalue weighted by Gasteiger charge is -2.31. The first-order valence-corrected chi connectivity index (χ1v) is 9.52. The summed E-state index contributed by atoms with van der Waals surface area (Å²) in [5.74, 6) is 0.0573. The van der Waals surface area contributed by atoms with Crippen molar-refractivity contribution in [1.82, 2.24) is 15.5 Å². The molecule has 0 aliphatic carbocycles. The van der Waals surface area contributed by atoms with Crippen molar-refractivity contribution in [3.63, 3.8) is 0 Å². The minimum absolute atomic E-state index is 0.0155. The second-order valence-electron chi connectivity index (χ2n) is 6.54. The molecule has 1 saturated heterocycles. The first-order valence-electron chi connectivity index (χ1n) is 9.52. The molecule has 0 spiro atoms. The second-order valence-corrected chi connectivity index (χ2v) is 6.54. The molecule has 8 heteroatoms. The van der Waals surface area contributed by atoms with E-state index >= 15 is 0 Å². The van der Waals surface area contributed by atoms with Gasteiger partial charge in [0.1, 0.15) is 0 Å². The van der Waals surface area contributed by atoms with Crippen molar-refractivity contribution in [1.29, 1.82) is 0 Å². The zero-order valence-electron chi connectivity index (χ0n) is 16.0. The minimum atomic E-state index is -0.247. The lowest BCUT2D eigenvalue weighted by Crippen LogP contribution is -2.44. The van der Waals surface area contributed by atoms with Crippen molar-refractivity contribution in [2.45, 2.75) is 33.1 Å². The lowest BCUT2D eigenvalue weighted by molar-refractivity contribution is -0.126. The van der Waals surface area contributed by atoms with Gasteiger partial charge in [-0.25, -0.2) is 9.59 Å². The number of anilines is 2. The highest BCUT2D eigenvalue weighted by atomic mass is 16.2. The molecule has 1 heterocycles. The quantitative estimate of drug-likeness (QED) is 0.614. The molecular formula is C19H29N5O3. The third kappa shape index (κ3) is 6.47. The number of benzene rings is 1. The van der Waals surface area contributed by atoms with Crippen LogP contribution in [0.1, 0.15) is 33.1 Å². The fourth-order valence-electron chi connectivity index (χ4n) is 2.92. The van der Waals surface area contributed by atoms with Crippen LogP contribution in [0.5, 0.6) is 0 Å². The van der Waals surface area contributed by atoms with Gasteiger partial charge in [-0.05, 0) is 50.5 Å². The summed E-state index contributed by atoms with van der Waals surface area (Å²) >= 11 is 0. The molecule has 1 aromatic rings. The Balaban J connectivity index is 1.79. The predicted octanol–water partition coefficient (Wildman–Crippen LogP) is 2.60. The van der Waals surface area contributed by atoms with Gasteiger partial charge in [0.2, 0.25) is 5.91 Å². The van der Waals surface area contributed by atoms with E-state index in [4.69, 9.17) is 0 Å². The third-order valence-corrected chi connectivity index (χ3v) is 4.43. The molecule has 1 aromatic carbocycles. The summed E-state index contributed by atoms with van der Waals surface area (Å²) in [5, 5.41) is 11.2. The molecule has 0 radical (unpaired) electrons. The van der Waals surface area contributed by atoms with Gasteiger partial charge in [-0.3, -0.25) is 4.79 Å². The van der Waals surface area contributed by atoms with E-state index in [1.54, 1.807) is 29.2 Å². The largest absolute Gasteiger partial charge is 0.356 e. The van der Waals surface area contributed by atoms with Crippen molar-refractivity contribution >= 4 is 29.3 Å². The molecule has 1 aliphatic heterocycles. The fraction of sp³-hybridized carbons (Fsp3) is 0.526. The Hall–Kier alpha value is -2.77. The Morgan fingerprint density at radius 1 is 0.963 bits per heavy atom. The third-order valence-electron chi connectivity index (χ3n) is 4.43. The number of hydrogen-bond donors (Lipinski definition) is 4. The number of nitrogens with zero attached hydrogens (tertiary/aromatic N) is 1. The molecule has 2 rings (SSSR count). The highest BCUT2D eigenvalue weighted by Crippen LogP contribution is 2.19. The summed E-state index contributed by atoms with van der Waals surface area (Å²) in [6.07, 6.45) is 2.23. The van der Waals surface area contributed by atoms with Gasteiger partial charge in [0.05, 0.1) is 0 Å². The van der Waals surface area contributed by atoms with E-state index in [0.717, 1.165) is 6.42 Å². The maximum Gasteiger partial charge on any atom is 0.321 e. The molecule has 5 amide bonds. The standard InChI is InChI=1S/C19H29N5O3/c1-3-11-21-18(26)22-15-5-7-16(8-6-15)23-19(27)24-12-9-14(10-13-24)17(25)20-4-2/h5-8,14H,3-4,9-13H2,1-2H3,(H,20,25)(H,23,27)(H2,21,22,26). The maximum atomic E-state index is 12.4. The van der Waals surface area contributed by atoms with Gasteiger partial charge in [0, 0.05) is 43.5 Å². The summed E-state index contributed by atoms with van der Waals surface area (Å²) in [6.45, 7) is 6.26. The van der Waals surface area contributed by atoms with Gasteiger partial charge in [-0.1, -0.05) is 6.92 Å². The number of rotatable bonds is 6. The van der Waals surface area contributed by atoms with Crippen LogP contribution in [0.25, 0.3) is 0 Å². The Morgan fingerprint density at radius 3 is 2.11 bits per heavy atom. The number of urea groups is 2. The first kappa shape index (κ1) is 20.5. The molecule has 0 aromatic heterocycles. The maximum absolute atomic E-state index is 12.4. The van der Waals surface area contributed by atoms with Gasteiger partial charge in [-0.2, -0.15) is 0 Å². The monoisotopic (exact) mass is 375 g/mol. The average molecular weight is 375 g/mol. The van der Waals surface area contributed by atoms with Crippen molar-refractivity contribution < 1.29 is 14.4 Å². The van der Waals surface area contributed by atoms with Crippen molar-refractivity contribution in [3.05, 3.63) is 24.3 Å². The molecule has 8 nitrogen and oxygen atoms in total. The molecule has 1 aliphatic rings. The zero-order valence-corrected chi connectivity index (χ0v) is 16.0. The normalized spacial score (nSPS) is 14.4. The van der Waals surface area contributed by atoms with Crippen LogP contribution >= 0.6 is 0 Å². The number of nitrogens with one attached hydrogen (secondary N) is 4. The van der Waals surface area contributed by atoms with Crippen LogP contribution in [0.15, 0.2) is 24.3 Å². The van der Waals surface area contributed by atoms with E-state index in [1.807, 2.05) is 13.8 Å². The highest BCUT2D eigenvalue weighted by molar-refractivity contribution is 5.91. The molecule has 27 heavy (non-hydrogen) atoms. The number of amides is 5. The molecular weight excluding hydrogens is 346 g/mol. The van der Waals surface area contributed by atoms with Crippen LogP contribution in [0, 0.1) is 5.92 Å². The Bertz CT molecular complexity index is 639. The summed E-state index contributed by atoms with van der Waals surface area (Å²) in [4.78, 5) is 37.6. The average Bonchev–Trinajstić information content (AvgIpc) is 2.68. The zero-order chi connectivity index (χ0) is 19.6. The van der Waals surface area contributed by atoms with E-state index in [-0.39, 0.29) is 23.9 Å². The first-order chi connectivity index (χ1) is 13.0. The van der Waals surface area contributed by atoms with Crippen LogP contribution in [0.2, 0.25) is 0 Å². The molecule has 4 N–H and O–H groups in total. The van der Waals surface area contributed by atoms with Crippen molar-refractivity contribution in [3.8, 4) is 0 Å². The lowest BCUT2D eigenvalue weighted by atomic mass is 9.96. The van der Waals surface area contributed by atoms with E-state index < -0.39 is 0 Å². The summed E-state index contributed by atoms with van der Waals surface area (Å²) in [7, 11) is 0. The predicted molar refractivity (Wildman–Crippen MR) is 106 cm³/mol. The van der Waals surface area contributed by atoms with Gasteiger partial charge in [0.25, 0.3) is 0 Å². The topological polar surface area (TPSA) is 103 Å². The SMILES string of the molecule is CCCNC(=O)Nc1ccc(NC(=O)N2CCC(C(=O)NCC)CC2)cc1. The van der Waals surface area contributed by atoms with Crippen molar-refractivity contribution in [2.75, 3.05) is 36.8 Å². The smallest absolute Gasteiger partial charge is 0.321 e. The van der Waals surface area contributed by atoms with Gasteiger partial charge < -0.3 is 26.2 Å². The van der Waals surface area contributed by atoms with Crippen LogP contribution in [-0.2, 0) is 4.79 Å². The van der Waals surface area contributed by atoms with Crippen molar-refractivity contribution in [2.24, 2.45) is 5.92 Å². The number of hydrogen-bond acceptors (Lipinski definition) is 3. The minimum Gasteiger partial charge on any atom is -0.356 e. The van der Waals surface area contributed by atoms with E-state index in [1.165, 1.54) is 0 Å². The highest BCUT2D eigenvalue weighted by Gasteiger charge is 2.26. The van der Waals surface area contributed by atoms with Crippen LogP contribution in [0.3, 0.4) is 0 Å². The number of piperidine rings is 1.